The Morgan fingerprint density at radius 3 is 2.95 bits per heavy atom. The summed E-state index contributed by atoms with van der Waals surface area (Å²) in [7, 11) is 0. The van der Waals surface area contributed by atoms with Gasteiger partial charge in [-0.1, -0.05) is 18.2 Å². The van der Waals surface area contributed by atoms with Crippen molar-refractivity contribution in [1.29, 1.82) is 0 Å². The number of rotatable bonds is 5. The van der Waals surface area contributed by atoms with E-state index in [1.165, 1.54) is 19.3 Å². The predicted octanol–water partition coefficient (Wildman–Crippen LogP) is 4.23. The first-order valence-corrected chi connectivity index (χ1v) is 8.45. The minimum atomic E-state index is 0.392. The Hall–Kier alpha value is -2.14. The Kier molecular flexibility index (Phi) is 3.64. The zero-order chi connectivity index (χ0) is 14.8. The van der Waals surface area contributed by atoms with Crippen LogP contribution in [-0.4, -0.2) is 16.1 Å². The molecule has 0 bridgehead atoms. The van der Waals surface area contributed by atoms with Gasteiger partial charge in [-0.15, -0.1) is 11.3 Å². The molecule has 1 aliphatic carbocycles. The van der Waals surface area contributed by atoms with Crippen LogP contribution in [0.5, 0.6) is 5.75 Å². The topological polar surface area (TPSA) is 47.0 Å². The number of para-hydroxylation sites is 1. The monoisotopic (exact) mass is 311 g/mol. The average molecular weight is 311 g/mol. The number of benzene rings is 1. The molecule has 0 atom stereocenters. The van der Waals surface area contributed by atoms with Crippen molar-refractivity contribution in [3.63, 3.8) is 0 Å². The van der Waals surface area contributed by atoms with E-state index in [1.54, 1.807) is 17.7 Å². The van der Waals surface area contributed by atoms with Crippen molar-refractivity contribution in [3.05, 3.63) is 47.6 Å². The van der Waals surface area contributed by atoms with Gasteiger partial charge in [-0.3, -0.25) is 0 Å². The lowest BCUT2D eigenvalue weighted by Crippen LogP contribution is -2.25. The van der Waals surface area contributed by atoms with Crippen molar-refractivity contribution in [2.75, 3.05) is 5.32 Å². The van der Waals surface area contributed by atoms with Gasteiger partial charge in [0.1, 0.15) is 22.7 Å². The maximum absolute atomic E-state index is 6.07. The third-order valence-electron chi connectivity index (χ3n) is 4.03. The van der Waals surface area contributed by atoms with Crippen LogP contribution >= 0.6 is 11.3 Å². The molecule has 4 rings (SSSR count). The van der Waals surface area contributed by atoms with Crippen LogP contribution in [0.4, 0.5) is 5.82 Å². The summed E-state index contributed by atoms with van der Waals surface area (Å²) in [6, 6.07) is 10.3. The third kappa shape index (κ3) is 2.64. The van der Waals surface area contributed by atoms with Crippen LogP contribution < -0.4 is 10.1 Å². The lowest BCUT2D eigenvalue weighted by molar-refractivity contribution is 0.119. The van der Waals surface area contributed by atoms with E-state index in [0.717, 1.165) is 27.3 Å². The largest absolute Gasteiger partial charge is 0.490 e. The van der Waals surface area contributed by atoms with Crippen molar-refractivity contribution in [2.45, 2.75) is 31.9 Å². The Morgan fingerprint density at radius 2 is 2.09 bits per heavy atom. The van der Waals surface area contributed by atoms with Crippen LogP contribution in [0.3, 0.4) is 0 Å². The number of thiophene rings is 1. The van der Waals surface area contributed by atoms with Crippen LogP contribution in [-0.2, 0) is 6.54 Å². The smallest absolute Gasteiger partial charge is 0.138 e. The van der Waals surface area contributed by atoms with Crippen LogP contribution in [0.1, 0.15) is 24.8 Å². The highest BCUT2D eigenvalue weighted by atomic mass is 32.1. The molecular weight excluding hydrogens is 294 g/mol. The molecule has 0 spiro atoms. The van der Waals surface area contributed by atoms with Crippen molar-refractivity contribution in [2.24, 2.45) is 0 Å². The summed E-state index contributed by atoms with van der Waals surface area (Å²) < 4.78 is 6.07. The highest BCUT2D eigenvalue weighted by molar-refractivity contribution is 7.16. The SMILES string of the molecule is c1ccc(OC2CCC2)c(CNc2ncnc3sccc23)c1. The van der Waals surface area contributed by atoms with Gasteiger partial charge in [0, 0.05) is 12.1 Å². The van der Waals surface area contributed by atoms with Crippen LogP contribution in [0.2, 0.25) is 0 Å². The summed E-state index contributed by atoms with van der Waals surface area (Å²) >= 11 is 1.63. The zero-order valence-electron chi connectivity index (χ0n) is 12.2. The molecule has 0 aliphatic heterocycles. The number of aromatic nitrogens is 2. The second-order valence-electron chi connectivity index (χ2n) is 5.49. The molecule has 112 valence electrons. The normalized spacial score (nSPS) is 14.7. The van der Waals surface area contributed by atoms with Gasteiger partial charge in [-0.2, -0.15) is 0 Å². The van der Waals surface area contributed by atoms with E-state index >= 15 is 0 Å². The minimum absolute atomic E-state index is 0.392. The summed E-state index contributed by atoms with van der Waals surface area (Å²) in [6.45, 7) is 0.699. The third-order valence-corrected chi connectivity index (χ3v) is 4.85. The molecule has 1 N–H and O–H groups in total. The summed E-state index contributed by atoms with van der Waals surface area (Å²) in [5.74, 6) is 1.86. The Labute approximate surface area is 133 Å². The van der Waals surface area contributed by atoms with Gasteiger partial charge in [-0.05, 0) is 36.8 Å². The number of fused-ring (bicyclic) bond motifs is 1. The lowest BCUT2D eigenvalue weighted by atomic mass is 9.96. The fraction of sp³-hybridized carbons (Fsp3) is 0.294. The molecule has 0 radical (unpaired) electrons. The molecule has 0 unspecified atom stereocenters. The first-order chi connectivity index (χ1) is 10.9. The van der Waals surface area contributed by atoms with Crippen LogP contribution in [0.25, 0.3) is 10.2 Å². The summed E-state index contributed by atoms with van der Waals surface area (Å²) in [5.41, 5.74) is 1.16. The summed E-state index contributed by atoms with van der Waals surface area (Å²) in [6.07, 6.45) is 5.62. The van der Waals surface area contributed by atoms with Gasteiger partial charge in [0.05, 0.1) is 11.5 Å². The van der Waals surface area contributed by atoms with Crippen LogP contribution in [0, 0.1) is 0 Å². The minimum Gasteiger partial charge on any atom is -0.490 e. The summed E-state index contributed by atoms with van der Waals surface area (Å²) in [4.78, 5) is 9.64. The van der Waals surface area contributed by atoms with E-state index in [-0.39, 0.29) is 0 Å². The fourth-order valence-electron chi connectivity index (χ4n) is 2.54. The van der Waals surface area contributed by atoms with Gasteiger partial charge >= 0.3 is 0 Å². The molecule has 1 fully saturated rings. The van der Waals surface area contributed by atoms with E-state index in [1.807, 2.05) is 17.5 Å². The number of hydrogen-bond donors (Lipinski definition) is 1. The highest BCUT2D eigenvalue weighted by Gasteiger charge is 2.20. The lowest BCUT2D eigenvalue weighted by Gasteiger charge is -2.27. The van der Waals surface area contributed by atoms with Crippen molar-refractivity contribution in [1.82, 2.24) is 9.97 Å². The first-order valence-electron chi connectivity index (χ1n) is 7.57. The fourth-order valence-corrected chi connectivity index (χ4v) is 3.28. The van der Waals surface area contributed by atoms with E-state index in [9.17, 15) is 0 Å². The highest BCUT2D eigenvalue weighted by Crippen LogP contribution is 2.29. The quantitative estimate of drug-likeness (QED) is 0.766. The van der Waals surface area contributed by atoms with Gasteiger partial charge in [-0.25, -0.2) is 9.97 Å². The Morgan fingerprint density at radius 1 is 1.18 bits per heavy atom. The Balaban J connectivity index is 1.52. The molecule has 2 heterocycles. The molecule has 1 aliphatic rings. The molecule has 5 heteroatoms. The summed E-state index contributed by atoms with van der Waals surface area (Å²) in [5, 5.41) is 6.53. The van der Waals surface area contributed by atoms with Crippen LogP contribution in [0.15, 0.2) is 42.0 Å². The molecule has 2 aromatic heterocycles. The number of nitrogens with one attached hydrogen (secondary N) is 1. The molecule has 4 nitrogen and oxygen atoms in total. The predicted molar refractivity (Wildman–Crippen MR) is 89.5 cm³/mol. The molecular formula is C17H17N3OS. The second kappa shape index (κ2) is 5.93. The van der Waals surface area contributed by atoms with Crippen molar-refractivity contribution >= 4 is 27.4 Å². The molecule has 0 saturated heterocycles. The van der Waals surface area contributed by atoms with Crippen molar-refractivity contribution < 1.29 is 4.74 Å². The molecule has 1 aromatic carbocycles. The van der Waals surface area contributed by atoms with Gasteiger partial charge in [0.15, 0.2) is 0 Å². The van der Waals surface area contributed by atoms with E-state index in [4.69, 9.17) is 4.74 Å². The number of ether oxygens (including phenoxy) is 1. The van der Waals surface area contributed by atoms with E-state index in [2.05, 4.69) is 33.5 Å². The van der Waals surface area contributed by atoms with E-state index < -0.39 is 0 Å². The van der Waals surface area contributed by atoms with Gasteiger partial charge in [0.25, 0.3) is 0 Å². The molecule has 1 saturated carbocycles. The standard InChI is InChI=1S/C17H17N3OS/c1-2-7-15(21-13-5-3-6-13)12(4-1)10-18-16-14-8-9-22-17(14)20-11-19-16/h1-2,4,7-9,11,13H,3,5-6,10H2,(H,18,19,20). The van der Waals surface area contributed by atoms with E-state index in [0.29, 0.717) is 12.6 Å². The maximum Gasteiger partial charge on any atom is 0.138 e. The Bertz CT molecular complexity index is 782. The number of anilines is 1. The zero-order valence-corrected chi connectivity index (χ0v) is 13.0. The van der Waals surface area contributed by atoms with Gasteiger partial charge in [0.2, 0.25) is 0 Å². The molecule has 22 heavy (non-hydrogen) atoms. The second-order valence-corrected chi connectivity index (χ2v) is 6.39. The number of nitrogens with zero attached hydrogens (tertiary/aromatic N) is 2. The first kappa shape index (κ1) is 13.5. The maximum atomic E-state index is 6.07. The number of hydrogen-bond acceptors (Lipinski definition) is 5. The molecule has 0 amide bonds. The average Bonchev–Trinajstić information content (AvgIpc) is 2.99. The molecule has 3 aromatic rings. The van der Waals surface area contributed by atoms with Gasteiger partial charge < -0.3 is 10.1 Å². The van der Waals surface area contributed by atoms with Crippen molar-refractivity contribution in [3.8, 4) is 5.75 Å².